The van der Waals surface area contributed by atoms with E-state index < -0.39 is 0 Å². The molecule has 1 aromatic carbocycles. The molecule has 7 nitrogen and oxygen atoms in total. The summed E-state index contributed by atoms with van der Waals surface area (Å²) >= 11 is 1.99. The minimum atomic E-state index is -0.124. The smallest absolute Gasteiger partial charge is 0.261 e. The highest BCUT2D eigenvalue weighted by atomic mass is 127. The lowest BCUT2D eigenvalue weighted by Gasteiger charge is -2.13. The summed E-state index contributed by atoms with van der Waals surface area (Å²) in [7, 11) is 0. The van der Waals surface area contributed by atoms with Gasteiger partial charge in [0.2, 0.25) is 0 Å². The number of hydrazine groups is 1. The van der Waals surface area contributed by atoms with Gasteiger partial charge in [-0.05, 0) is 60.7 Å². The number of nitrogens with zero attached hydrogens (tertiary/aromatic N) is 1. The van der Waals surface area contributed by atoms with E-state index in [1.807, 2.05) is 54.6 Å². The van der Waals surface area contributed by atoms with Gasteiger partial charge in [-0.2, -0.15) is 0 Å². The van der Waals surface area contributed by atoms with Crippen LogP contribution >= 0.6 is 22.6 Å². The summed E-state index contributed by atoms with van der Waals surface area (Å²) in [5, 5.41) is 1.68. The Morgan fingerprint density at radius 3 is 2.64 bits per heavy atom. The van der Waals surface area contributed by atoms with Crippen LogP contribution < -0.4 is 25.6 Å². The summed E-state index contributed by atoms with van der Waals surface area (Å²) in [6.45, 7) is 4.97. The largest absolute Gasteiger partial charge is 0.490 e. The van der Waals surface area contributed by atoms with E-state index in [1.54, 1.807) is 23.5 Å². The lowest BCUT2D eigenvalue weighted by molar-refractivity contribution is 0.180. The number of ether oxygens (including phenoxy) is 2. The number of halogens is 1. The molecule has 1 aliphatic rings. The molecule has 1 aromatic heterocycles. The van der Waals surface area contributed by atoms with Crippen LogP contribution in [0.2, 0.25) is 0 Å². The number of rotatable bonds is 6. The van der Waals surface area contributed by atoms with Gasteiger partial charge < -0.3 is 19.3 Å². The highest BCUT2D eigenvalue weighted by Gasteiger charge is 2.19. The average molecular weight is 455 g/mol. The zero-order chi connectivity index (χ0) is 17.8. The van der Waals surface area contributed by atoms with E-state index in [-0.39, 0.29) is 5.56 Å². The van der Waals surface area contributed by atoms with Gasteiger partial charge >= 0.3 is 0 Å². The van der Waals surface area contributed by atoms with Crippen LogP contribution in [0, 0.1) is 3.57 Å². The quantitative estimate of drug-likeness (QED) is 0.653. The Bertz CT molecular complexity index is 850. The second-order valence-corrected chi connectivity index (χ2v) is 6.28. The van der Waals surface area contributed by atoms with Crippen molar-refractivity contribution in [1.82, 2.24) is 10.6 Å². The first kappa shape index (κ1) is 17.6. The van der Waals surface area contributed by atoms with Crippen LogP contribution in [0.3, 0.4) is 0 Å². The van der Waals surface area contributed by atoms with Crippen LogP contribution in [0.15, 0.2) is 41.5 Å². The van der Waals surface area contributed by atoms with Gasteiger partial charge in [0.05, 0.1) is 28.7 Å². The molecule has 0 spiro atoms. The Kier molecular flexibility index (Phi) is 5.49. The normalized spacial score (nSPS) is 13.4. The van der Waals surface area contributed by atoms with E-state index in [1.165, 1.54) is 0 Å². The van der Waals surface area contributed by atoms with Crippen LogP contribution in [0.4, 0.5) is 5.69 Å². The zero-order valence-corrected chi connectivity index (χ0v) is 16.0. The molecule has 0 amide bonds. The van der Waals surface area contributed by atoms with E-state index in [9.17, 15) is 4.79 Å². The van der Waals surface area contributed by atoms with Crippen molar-refractivity contribution < 1.29 is 14.3 Å². The number of nitrogens with one attached hydrogen (secondary N) is 2. The first-order valence-corrected chi connectivity index (χ1v) is 8.92. The molecular formula is C17H18IN3O4. The maximum Gasteiger partial charge on any atom is 0.261 e. The number of H-pyrrole nitrogens is 1. The van der Waals surface area contributed by atoms with Gasteiger partial charge in [-0.3, -0.25) is 4.79 Å². The standard InChI is InChI=1S/C17H18IN3O4/c1-3-23-14-6-5-11(7-15(14)24-4-2)16-10-21(20-25-16)12-8-13(18)17(22)19-9-12/h5-10,20H,3-4H2,1-2H3,(H,19,22). The van der Waals surface area contributed by atoms with Crippen molar-refractivity contribution in [2.75, 3.05) is 18.2 Å². The van der Waals surface area contributed by atoms with Crippen molar-refractivity contribution in [2.24, 2.45) is 0 Å². The number of aromatic nitrogens is 1. The van der Waals surface area contributed by atoms with Crippen LogP contribution in [0.1, 0.15) is 19.4 Å². The lowest BCUT2D eigenvalue weighted by atomic mass is 10.1. The summed E-state index contributed by atoms with van der Waals surface area (Å²) in [4.78, 5) is 19.7. The molecule has 0 radical (unpaired) electrons. The minimum absolute atomic E-state index is 0.124. The molecule has 2 N–H and O–H groups in total. The fraction of sp³-hybridized carbons (Fsp3) is 0.235. The zero-order valence-electron chi connectivity index (χ0n) is 13.8. The third kappa shape index (κ3) is 3.90. The fourth-order valence-corrected chi connectivity index (χ4v) is 2.79. The average Bonchev–Trinajstić information content (AvgIpc) is 3.09. The molecule has 132 valence electrons. The predicted octanol–water partition coefficient (Wildman–Crippen LogP) is 3.03. The number of anilines is 1. The number of pyridine rings is 1. The van der Waals surface area contributed by atoms with Crippen molar-refractivity contribution in [3.8, 4) is 11.5 Å². The SMILES string of the molecule is CCOc1ccc(C2=CN(c3c[nH]c(=O)c(I)c3)NO2)cc1OCC. The first-order chi connectivity index (χ1) is 12.1. The number of benzene rings is 1. The first-order valence-electron chi connectivity index (χ1n) is 7.84. The molecule has 2 aromatic rings. The highest BCUT2D eigenvalue weighted by Crippen LogP contribution is 2.33. The fourth-order valence-electron chi connectivity index (χ4n) is 2.32. The van der Waals surface area contributed by atoms with Crippen molar-refractivity contribution in [3.63, 3.8) is 0 Å². The second kappa shape index (κ2) is 7.79. The van der Waals surface area contributed by atoms with Crippen LogP contribution in [0.25, 0.3) is 5.76 Å². The molecule has 0 saturated heterocycles. The van der Waals surface area contributed by atoms with Crippen LogP contribution in [-0.4, -0.2) is 18.2 Å². The van der Waals surface area contributed by atoms with Gasteiger partial charge in [0.1, 0.15) is 0 Å². The molecular weight excluding hydrogens is 437 g/mol. The maximum atomic E-state index is 11.5. The molecule has 3 rings (SSSR count). The number of hydrogen-bond donors (Lipinski definition) is 2. The molecule has 0 aliphatic carbocycles. The van der Waals surface area contributed by atoms with Gasteiger partial charge in [0, 0.05) is 11.8 Å². The number of aromatic amines is 1. The summed E-state index contributed by atoms with van der Waals surface area (Å²) in [6.07, 6.45) is 3.42. The molecule has 8 heteroatoms. The van der Waals surface area contributed by atoms with E-state index in [2.05, 4.69) is 10.6 Å². The molecule has 0 unspecified atom stereocenters. The second-order valence-electron chi connectivity index (χ2n) is 5.12. The Balaban J connectivity index is 1.87. The van der Waals surface area contributed by atoms with Gasteiger partial charge in [0.25, 0.3) is 5.56 Å². The number of hydrogen-bond acceptors (Lipinski definition) is 6. The van der Waals surface area contributed by atoms with Crippen molar-refractivity contribution in [2.45, 2.75) is 13.8 Å². The molecule has 2 heterocycles. The van der Waals surface area contributed by atoms with E-state index >= 15 is 0 Å². The third-order valence-electron chi connectivity index (χ3n) is 3.45. The van der Waals surface area contributed by atoms with Gasteiger partial charge in [-0.25, -0.2) is 5.01 Å². The minimum Gasteiger partial charge on any atom is -0.490 e. The van der Waals surface area contributed by atoms with Crippen LogP contribution in [0.5, 0.6) is 11.5 Å². The van der Waals surface area contributed by atoms with Gasteiger partial charge in [-0.1, -0.05) is 5.59 Å². The van der Waals surface area contributed by atoms with Crippen molar-refractivity contribution in [1.29, 1.82) is 0 Å². The Morgan fingerprint density at radius 2 is 1.92 bits per heavy atom. The highest BCUT2D eigenvalue weighted by molar-refractivity contribution is 14.1. The molecule has 0 bridgehead atoms. The Morgan fingerprint density at radius 1 is 1.16 bits per heavy atom. The van der Waals surface area contributed by atoms with E-state index in [4.69, 9.17) is 14.3 Å². The monoisotopic (exact) mass is 455 g/mol. The van der Waals surface area contributed by atoms with Crippen molar-refractivity contribution >= 4 is 34.0 Å². The molecule has 0 saturated carbocycles. The predicted molar refractivity (Wildman–Crippen MR) is 103 cm³/mol. The maximum absolute atomic E-state index is 11.5. The molecule has 0 atom stereocenters. The van der Waals surface area contributed by atoms with E-state index in [0.29, 0.717) is 34.0 Å². The van der Waals surface area contributed by atoms with Crippen molar-refractivity contribution in [3.05, 3.63) is 56.1 Å². The summed E-state index contributed by atoms with van der Waals surface area (Å²) < 4.78 is 11.8. The lowest BCUT2D eigenvalue weighted by Crippen LogP contribution is -2.28. The summed E-state index contributed by atoms with van der Waals surface area (Å²) in [5.74, 6) is 2.00. The molecule has 1 aliphatic heterocycles. The third-order valence-corrected chi connectivity index (χ3v) is 4.25. The Labute approximate surface area is 158 Å². The van der Waals surface area contributed by atoms with Gasteiger partial charge in [0.15, 0.2) is 17.3 Å². The molecule has 25 heavy (non-hydrogen) atoms. The molecule has 0 fully saturated rings. The van der Waals surface area contributed by atoms with Gasteiger partial charge in [-0.15, -0.1) is 0 Å². The summed E-state index contributed by atoms with van der Waals surface area (Å²) in [6, 6.07) is 7.40. The summed E-state index contributed by atoms with van der Waals surface area (Å²) in [5.41, 5.74) is 4.29. The van der Waals surface area contributed by atoms with Crippen LogP contribution in [-0.2, 0) is 4.84 Å². The Hall–Kier alpha value is -2.20. The van der Waals surface area contributed by atoms with E-state index in [0.717, 1.165) is 11.3 Å². The topological polar surface area (TPSA) is 75.8 Å².